The molecule has 0 aliphatic carbocycles. The Bertz CT molecular complexity index is 1090. The fraction of sp³-hybridized carbons (Fsp3) is 0.435. The highest BCUT2D eigenvalue weighted by Crippen LogP contribution is 2.41. The van der Waals surface area contributed by atoms with Crippen molar-refractivity contribution in [2.75, 3.05) is 31.1 Å². The van der Waals surface area contributed by atoms with E-state index in [1.54, 1.807) is 22.5 Å². The molecule has 0 saturated carbocycles. The summed E-state index contributed by atoms with van der Waals surface area (Å²) in [4.78, 5) is 15.0. The Morgan fingerprint density at radius 3 is 2.55 bits per heavy atom. The highest BCUT2D eigenvalue weighted by atomic mass is 35.5. The van der Waals surface area contributed by atoms with E-state index in [0.717, 1.165) is 29.7 Å². The van der Waals surface area contributed by atoms with E-state index in [9.17, 15) is 13.2 Å². The molecule has 31 heavy (non-hydrogen) atoms. The summed E-state index contributed by atoms with van der Waals surface area (Å²) in [6.07, 6.45) is 1.82. The molecule has 0 spiro atoms. The summed E-state index contributed by atoms with van der Waals surface area (Å²) in [7, 11) is -3.47. The highest BCUT2D eigenvalue weighted by molar-refractivity contribution is 7.89. The molecule has 0 bridgehead atoms. The van der Waals surface area contributed by atoms with Crippen molar-refractivity contribution in [2.45, 2.75) is 43.5 Å². The molecule has 0 aromatic heterocycles. The van der Waals surface area contributed by atoms with Crippen molar-refractivity contribution in [2.24, 2.45) is 0 Å². The van der Waals surface area contributed by atoms with Crippen LogP contribution in [0.4, 0.5) is 5.69 Å². The van der Waals surface area contributed by atoms with Crippen LogP contribution in [0.3, 0.4) is 0 Å². The number of benzene rings is 2. The lowest BCUT2D eigenvalue weighted by atomic mass is 9.87. The number of carbonyl (C=O) groups excluding carboxylic acids is 1. The van der Waals surface area contributed by atoms with Gasteiger partial charge in [-0.15, -0.1) is 0 Å². The molecule has 1 amide bonds. The van der Waals surface area contributed by atoms with Crippen molar-refractivity contribution in [3.05, 3.63) is 58.6 Å². The molecule has 8 heteroatoms. The van der Waals surface area contributed by atoms with E-state index >= 15 is 0 Å². The van der Waals surface area contributed by atoms with Crippen molar-refractivity contribution >= 4 is 33.2 Å². The van der Waals surface area contributed by atoms with E-state index in [1.165, 1.54) is 0 Å². The van der Waals surface area contributed by atoms with Crippen molar-refractivity contribution in [3.63, 3.8) is 0 Å². The third kappa shape index (κ3) is 4.45. The van der Waals surface area contributed by atoms with Crippen LogP contribution in [0, 0.1) is 0 Å². The summed E-state index contributed by atoms with van der Waals surface area (Å²) in [5.41, 5.74) is 2.50. The van der Waals surface area contributed by atoms with Gasteiger partial charge in [0.1, 0.15) is 0 Å². The van der Waals surface area contributed by atoms with Gasteiger partial charge in [-0.05, 0) is 48.2 Å². The number of hydrogen-bond acceptors (Lipinski definition) is 4. The molecular weight excluding hydrogens is 434 g/mol. The topological polar surface area (TPSA) is 69.7 Å². The Kier molecular flexibility index (Phi) is 6.03. The first-order valence-corrected chi connectivity index (χ1v) is 12.4. The van der Waals surface area contributed by atoms with Gasteiger partial charge in [0.05, 0.1) is 11.4 Å². The Balaban J connectivity index is 1.50. The zero-order chi connectivity index (χ0) is 22.2. The molecule has 1 saturated heterocycles. The lowest BCUT2D eigenvalue weighted by molar-refractivity contribution is -0.119. The number of hydrogen-bond donors (Lipinski definition) is 1. The number of halogens is 1. The predicted molar refractivity (Wildman–Crippen MR) is 123 cm³/mol. The van der Waals surface area contributed by atoms with Gasteiger partial charge in [-0.3, -0.25) is 4.79 Å². The first kappa shape index (κ1) is 22.1. The van der Waals surface area contributed by atoms with E-state index in [2.05, 4.69) is 19.2 Å². The van der Waals surface area contributed by atoms with Gasteiger partial charge in [0.25, 0.3) is 0 Å². The first-order chi connectivity index (χ1) is 14.7. The van der Waals surface area contributed by atoms with E-state index in [4.69, 9.17) is 11.6 Å². The van der Waals surface area contributed by atoms with E-state index in [-0.39, 0.29) is 17.9 Å². The normalized spacial score (nSPS) is 18.2. The molecule has 2 heterocycles. The number of sulfonamides is 1. The van der Waals surface area contributed by atoms with Crippen LogP contribution >= 0.6 is 11.6 Å². The molecule has 0 unspecified atom stereocenters. The summed E-state index contributed by atoms with van der Waals surface area (Å²) in [6, 6.07) is 12.7. The lowest BCUT2D eigenvalue weighted by Gasteiger charge is -2.22. The maximum Gasteiger partial charge on any atom is 0.243 e. The Hall–Kier alpha value is -2.09. The van der Waals surface area contributed by atoms with Crippen LogP contribution in [0.5, 0.6) is 0 Å². The standard InChI is InChI=1S/C23H28ClN3O3S/c1-23(2)16-26(15-22(28)25-14-17-7-3-4-8-20(17)24)21-10-9-18(13-19(21)23)31(29,30)27-11-5-6-12-27/h3-4,7-10,13H,5-6,11-12,14-16H2,1-2H3,(H,25,28). The van der Waals surface area contributed by atoms with Gasteiger partial charge in [-0.1, -0.05) is 43.6 Å². The quantitative estimate of drug-likeness (QED) is 0.714. The van der Waals surface area contributed by atoms with E-state index in [1.807, 2.05) is 29.2 Å². The summed E-state index contributed by atoms with van der Waals surface area (Å²) in [5, 5.41) is 3.56. The second kappa shape index (κ2) is 8.45. The number of carbonyl (C=O) groups is 1. The Morgan fingerprint density at radius 1 is 1.13 bits per heavy atom. The van der Waals surface area contributed by atoms with E-state index < -0.39 is 10.0 Å². The van der Waals surface area contributed by atoms with Gasteiger partial charge in [0.2, 0.25) is 15.9 Å². The Morgan fingerprint density at radius 2 is 1.84 bits per heavy atom. The molecule has 0 radical (unpaired) electrons. The van der Waals surface area contributed by atoms with Crippen LogP contribution in [0.15, 0.2) is 47.4 Å². The van der Waals surface area contributed by atoms with Crippen LogP contribution in [0.1, 0.15) is 37.8 Å². The van der Waals surface area contributed by atoms with Crippen molar-refractivity contribution < 1.29 is 13.2 Å². The number of anilines is 1. The van der Waals surface area contributed by atoms with Gasteiger partial charge in [0, 0.05) is 42.3 Å². The van der Waals surface area contributed by atoms with Crippen LogP contribution in [0.25, 0.3) is 0 Å². The fourth-order valence-electron chi connectivity index (χ4n) is 4.42. The monoisotopic (exact) mass is 461 g/mol. The molecule has 166 valence electrons. The molecule has 4 rings (SSSR count). The number of fused-ring (bicyclic) bond motifs is 1. The zero-order valence-electron chi connectivity index (χ0n) is 17.9. The van der Waals surface area contributed by atoms with Crippen molar-refractivity contribution in [1.82, 2.24) is 9.62 Å². The summed E-state index contributed by atoms with van der Waals surface area (Å²) < 4.78 is 27.5. The minimum absolute atomic E-state index is 0.0997. The van der Waals surface area contributed by atoms with Crippen LogP contribution in [-0.4, -0.2) is 44.8 Å². The predicted octanol–water partition coefficient (Wildman–Crippen LogP) is 3.54. The third-order valence-electron chi connectivity index (χ3n) is 6.10. The summed E-state index contributed by atoms with van der Waals surface area (Å²) >= 11 is 6.17. The molecule has 6 nitrogen and oxygen atoms in total. The average molecular weight is 462 g/mol. The van der Waals surface area contributed by atoms with Gasteiger partial charge in [-0.2, -0.15) is 4.31 Å². The van der Waals surface area contributed by atoms with Crippen molar-refractivity contribution in [1.29, 1.82) is 0 Å². The van der Waals surface area contributed by atoms with Gasteiger partial charge in [-0.25, -0.2) is 8.42 Å². The number of nitrogens with one attached hydrogen (secondary N) is 1. The Labute approximate surface area is 189 Å². The second-order valence-corrected chi connectivity index (χ2v) is 11.2. The number of amides is 1. The smallest absolute Gasteiger partial charge is 0.243 e. The molecule has 2 aliphatic heterocycles. The van der Waals surface area contributed by atoms with Gasteiger partial charge in [0.15, 0.2) is 0 Å². The average Bonchev–Trinajstić information content (AvgIpc) is 3.35. The molecule has 1 fully saturated rings. The minimum Gasteiger partial charge on any atom is -0.361 e. The minimum atomic E-state index is -3.47. The highest BCUT2D eigenvalue weighted by Gasteiger charge is 2.37. The molecule has 1 N–H and O–H groups in total. The molecule has 2 aliphatic rings. The largest absolute Gasteiger partial charge is 0.361 e. The lowest BCUT2D eigenvalue weighted by Crippen LogP contribution is -2.38. The molecular formula is C23H28ClN3O3S. The summed E-state index contributed by atoms with van der Waals surface area (Å²) in [5.74, 6) is -0.0997. The maximum atomic E-state index is 13.0. The zero-order valence-corrected chi connectivity index (χ0v) is 19.5. The maximum absolute atomic E-state index is 13.0. The van der Waals surface area contributed by atoms with E-state index in [0.29, 0.717) is 36.1 Å². The van der Waals surface area contributed by atoms with Gasteiger partial charge < -0.3 is 10.2 Å². The molecule has 2 aromatic rings. The van der Waals surface area contributed by atoms with Crippen molar-refractivity contribution in [3.8, 4) is 0 Å². The van der Waals surface area contributed by atoms with Crippen LogP contribution in [0.2, 0.25) is 5.02 Å². The second-order valence-electron chi connectivity index (χ2n) is 8.90. The van der Waals surface area contributed by atoms with Crippen LogP contribution < -0.4 is 10.2 Å². The fourth-order valence-corrected chi connectivity index (χ4v) is 6.17. The SMILES string of the molecule is CC1(C)CN(CC(=O)NCc2ccccc2Cl)c2ccc(S(=O)(=O)N3CCCC3)cc21. The van der Waals surface area contributed by atoms with Crippen LogP contribution in [-0.2, 0) is 26.8 Å². The third-order valence-corrected chi connectivity index (χ3v) is 8.36. The first-order valence-electron chi connectivity index (χ1n) is 10.6. The molecule has 0 atom stereocenters. The number of rotatable bonds is 6. The summed E-state index contributed by atoms with van der Waals surface area (Å²) in [6.45, 7) is 6.56. The van der Waals surface area contributed by atoms with Gasteiger partial charge >= 0.3 is 0 Å². The number of nitrogens with zero attached hydrogens (tertiary/aromatic N) is 2. The molecule has 2 aromatic carbocycles.